The topological polar surface area (TPSA) is 21.3 Å². The van der Waals surface area contributed by atoms with Gasteiger partial charge in [-0.2, -0.15) is 0 Å². The van der Waals surface area contributed by atoms with Gasteiger partial charge >= 0.3 is 0 Å². The maximum atomic E-state index is 6.35. The molecule has 0 unspecified atom stereocenters. The molecule has 3 rings (SSSR count). The van der Waals surface area contributed by atoms with E-state index in [-0.39, 0.29) is 0 Å². The minimum Gasteiger partial charge on any atom is -0.497 e. The number of hydrogen-bond donors (Lipinski definition) is 1. The Kier molecular flexibility index (Phi) is 4.39. The molecular formula is C17H17Cl2NO. The summed E-state index contributed by atoms with van der Waals surface area (Å²) < 4.78 is 5.34. The maximum absolute atomic E-state index is 6.35. The minimum atomic E-state index is 0.648. The fourth-order valence-corrected chi connectivity index (χ4v) is 2.87. The van der Waals surface area contributed by atoms with E-state index in [1.807, 2.05) is 18.2 Å². The van der Waals surface area contributed by atoms with Crippen LogP contribution in [-0.4, -0.2) is 13.2 Å². The number of rotatable bonds is 5. The van der Waals surface area contributed by atoms with Gasteiger partial charge in [-0.25, -0.2) is 0 Å². The first-order valence-corrected chi connectivity index (χ1v) is 7.78. The Bertz CT molecular complexity index is 653. The fraction of sp³-hybridized carbons (Fsp3) is 0.294. The van der Waals surface area contributed by atoms with E-state index >= 15 is 0 Å². The zero-order valence-corrected chi connectivity index (χ0v) is 13.3. The van der Waals surface area contributed by atoms with Gasteiger partial charge in [-0.3, -0.25) is 0 Å². The average molecular weight is 322 g/mol. The zero-order chi connectivity index (χ0) is 14.8. The van der Waals surface area contributed by atoms with Crippen LogP contribution >= 0.6 is 23.2 Å². The Hall–Kier alpha value is -1.22. The molecular weight excluding hydrogens is 305 g/mol. The van der Waals surface area contributed by atoms with Crippen molar-refractivity contribution in [1.82, 2.24) is 5.32 Å². The maximum Gasteiger partial charge on any atom is 0.119 e. The first-order valence-electron chi connectivity index (χ1n) is 7.03. The van der Waals surface area contributed by atoms with Crippen LogP contribution in [-0.2, 0) is 6.54 Å². The summed E-state index contributed by atoms with van der Waals surface area (Å²) >= 11 is 12.3. The van der Waals surface area contributed by atoms with Crippen molar-refractivity contribution in [3.63, 3.8) is 0 Å². The molecule has 1 aliphatic rings. The number of ether oxygens (including phenoxy) is 1. The summed E-state index contributed by atoms with van der Waals surface area (Å²) in [6.45, 7) is 0.816. The van der Waals surface area contributed by atoms with Crippen molar-refractivity contribution in [1.29, 1.82) is 0 Å². The molecule has 0 atom stereocenters. The molecule has 0 radical (unpaired) electrons. The lowest BCUT2D eigenvalue weighted by Gasteiger charge is -2.14. The van der Waals surface area contributed by atoms with E-state index in [0.29, 0.717) is 16.1 Å². The van der Waals surface area contributed by atoms with E-state index < -0.39 is 0 Å². The van der Waals surface area contributed by atoms with Gasteiger partial charge in [0.05, 0.1) is 7.11 Å². The van der Waals surface area contributed by atoms with Crippen molar-refractivity contribution in [3.8, 4) is 16.9 Å². The Morgan fingerprint density at radius 2 is 1.86 bits per heavy atom. The van der Waals surface area contributed by atoms with Gasteiger partial charge in [-0.1, -0.05) is 35.3 Å². The van der Waals surface area contributed by atoms with E-state index in [1.54, 1.807) is 13.2 Å². The third-order valence-corrected chi connectivity index (χ3v) is 4.24. The molecule has 1 N–H and O–H groups in total. The third kappa shape index (κ3) is 3.52. The van der Waals surface area contributed by atoms with Gasteiger partial charge in [0.25, 0.3) is 0 Å². The highest BCUT2D eigenvalue weighted by Gasteiger charge is 2.21. The smallest absolute Gasteiger partial charge is 0.119 e. The lowest BCUT2D eigenvalue weighted by Crippen LogP contribution is -2.16. The monoisotopic (exact) mass is 321 g/mol. The van der Waals surface area contributed by atoms with Gasteiger partial charge in [0, 0.05) is 28.2 Å². The normalized spacial score (nSPS) is 14.2. The van der Waals surface area contributed by atoms with E-state index in [2.05, 4.69) is 17.4 Å². The first-order chi connectivity index (χ1) is 10.2. The second-order valence-corrected chi connectivity index (χ2v) is 6.15. The average Bonchev–Trinajstić information content (AvgIpc) is 3.29. The van der Waals surface area contributed by atoms with Gasteiger partial charge in [0.15, 0.2) is 0 Å². The minimum absolute atomic E-state index is 0.648. The van der Waals surface area contributed by atoms with Gasteiger partial charge in [-0.15, -0.1) is 0 Å². The second kappa shape index (κ2) is 6.27. The van der Waals surface area contributed by atoms with Crippen molar-refractivity contribution in [2.75, 3.05) is 7.11 Å². The summed E-state index contributed by atoms with van der Waals surface area (Å²) in [4.78, 5) is 0. The van der Waals surface area contributed by atoms with E-state index in [1.165, 1.54) is 18.4 Å². The molecule has 21 heavy (non-hydrogen) atoms. The Morgan fingerprint density at radius 3 is 2.52 bits per heavy atom. The number of nitrogens with one attached hydrogen (secondary N) is 1. The predicted molar refractivity (Wildman–Crippen MR) is 88.3 cm³/mol. The van der Waals surface area contributed by atoms with Gasteiger partial charge in [0.1, 0.15) is 5.75 Å². The van der Waals surface area contributed by atoms with E-state index in [4.69, 9.17) is 27.9 Å². The van der Waals surface area contributed by atoms with Crippen molar-refractivity contribution < 1.29 is 4.74 Å². The summed E-state index contributed by atoms with van der Waals surface area (Å²) in [5, 5.41) is 4.86. The zero-order valence-electron chi connectivity index (χ0n) is 11.8. The Balaban J connectivity index is 1.98. The van der Waals surface area contributed by atoms with E-state index in [9.17, 15) is 0 Å². The van der Waals surface area contributed by atoms with Gasteiger partial charge < -0.3 is 10.1 Å². The van der Waals surface area contributed by atoms with Crippen LogP contribution < -0.4 is 10.1 Å². The van der Waals surface area contributed by atoms with Gasteiger partial charge in [0.2, 0.25) is 0 Å². The number of hydrogen-bond acceptors (Lipinski definition) is 2. The lowest BCUT2D eigenvalue weighted by molar-refractivity contribution is 0.414. The van der Waals surface area contributed by atoms with Crippen LogP contribution in [0.1, 0.15) is 18.4 Å². The predicted octanol–water partition coefficient (Wildman–Crippen LogP) is 4.92. The first kappa shape index (κ1) is 14.7. The highest BCUT2D eigenvalue weighted by molar-refractivity contribution is 6.36. The molecule has 0 heterocycles. The summed E-state index contributed by atoms with van der Waals surface area (Å²) in [5.41, 5.74) is 3.30. The molecule has 1 aliphatic carbocycles. The molecule has 0 aromatic heterocycles. The molecule has 1 saturated carbocycles. The number of benzene rings is 2. The highest BCUT2D eigenvalue weighted by atomic mass is 35.5. The fourth-order valence-electron chi connectivity index (χ4n) is 2.36. The molecule has 2 nitrogen and oxygen atoms in total. The number of halogens is 2. The molecule has 2 aromatic carbocycles. The second-order valence-electron chi connectivity index (χ2n) is 5.30. The molecule has 0 saturated heterocycles. The summed E-state index contributed by atoms with van der Waals surface area (Å²) in [7, 11) is 1.68. The molecule has 0 bridgehead atoms. The molecule has 4 heteroatoms. The molecule has 0 aliphatic heterocycles. The highest BCUT2D eigenvalue weighted by Crippen LogP contribution is 2.34. The van der Waals surface area contributed by atoms with Crippen LogP contribution in [0.15, 0.2) is 36.4 Å². The largest absolute Gasteiger partial charge is 0.497 e. The van der Waals surface area contributed by atoms with Crippen molar-refractivity contribution in [2.45, 2.75) is 25.4 Å². The van der Waals surface area contributed by atoms with Crippen molar-refractivity contribution >= 4 is 23.2 Å². The number of methoxy groups -OCH3 is 1. The van der Waals surface area contributed by atoms with Crippen LogP contribution in [0.4, 0.5) is 0 Å². The summed E-state index contributed by atoms with van der Waals surface area (Å²) in [6, 6.07) is 12.3. The van der Waals surface area contributed by atoms with Crippen LogP contribution in [0.25, 0.3) is 11.1 Å². The molecule has 0 spiro atoms. The van der Waals surface area contributed by atoms with Crippen LogP contribution in [0.3, 0.4) is 0 Å². The molecule has 1 fully saturated rings. The quantitative estimate of drug-likeness (QED) is 0.843. The summed E-state index contributed by atoms with van der Waals surface area (Å²) in [5.74, 6) is 0.858. The van der Waals surface area contributed by atoms with E-state index in [0.717, 1.165) is 23.4 Å². The standard InChI is InChI=1S/C17H17Cl2NO/c1-21-14-5-7-15(11(8-14)10-20-13-3-4-13)16-6-2-12(18)9-17(16)19/h2,5-9,13,20H,3-4,10H2,1H3. The third-order valence-electron chi connectivity index (χ3n) is 3.69. The molecule has 110 valence electrons. The van der Waals surface area contributed by atoms with Crippen LogP contribution in [0, 0.1) is 0 Å². The van der Waals surface area contributed by atoms with Crippen LogP contribution in [0.5, 0.6) is 5.75 Å². The lowest BCUT2D eigenvalue weighted by atomic mass is 9.99. The Labute approximate surface area is 135 Å². The summed E-state index contributed by atoms with van der Waals surface area (Å²) in [6.07, 6.45) is 2.53. The van der Waals surface area contributed by atoms with Crippen molar-refractivity contribution in [2.24, 2.45) is 0 Å². The molecule has 0 amide bonds. The van der Waals surface area contributed by atoms with Crippen LogP contribution in [0.2, 0.25) is 10.0 Å². The van der Waals surface area contributed by atoms with Gasteiger partial charge in [-0.05, 0) is 48.2 Å². The van der Waals surface area contributed by atoms with Crippen molar-refractivity contribution in [3.05, 3.63) is 52.0 Å². The SMILES string of the molecule is COc1ccc(-c2ccc(Cl)cc2Cl)c(CNC2CC2)c1. The Morgan fingerprint density at radius 1 is 1.10 bits per heavy atom. The molecule has 2 aromatic rings.